The van der Waals surface area contributed by atoms with Gasteiger partial charge in [0.25, 0.3) is 0 Å². The van der Waals surface area contributed by atoms with Gasteiger partial charge in [-0.2, -0.15) is 0 Å². The van der Waals surface area contributed by atoms with Crippen LogP contribution in [0, 0.1) is 0 Å². The maximum absolute atomic E-state index is 11.9. The van der Waals surface area contributed by atoms with Crippen LogP contribution in [0.25, 0.3) is 5.65 Å². The van der Waals surface area contributed by atoms with Gasteiger partial charge < -0.3 is 13.7 Å². The summed E-state index contributed by atoms with van der Waals surface area (Å²) in [6, 6.07) is 7.09. The lowest BCUT2D eigenvalue weighted by molar-refractivity contribution is 0.0457. The highest BCUT2D eigenvalue weighted by Crippen LogP contribution is 2.13. The number of esters is 1. The Kier molecular flexibility index (Phi) is 3.20. The average Bonchev–Trinajstić information content (AvgIpc) is 3.01. The predicted octanol–water partition coefficient (Wildman–Crippen LogP) is 2.68. The highest BCUT2D eigenvalue weighted by Gasteiger charge is 2.11. The quantitative estimate of drug-likeness (QED) is 0.697. The smallest absolute Gasteiger partial charge is 0.355 e. The molecule has 0 atom stereocenters. The van der Waals surface area contributed by atoms with Crippen LogP contribution in [-0.4, -0.2) is 19.9 Å². The van der Waals surface area contributed by atoms with E-state index < -0.39 is 0 Å². The molecule has 20 heavy (non-hydrogen) atoms. The maximum Gasteiger partial charge on any atom is 0.355 e. The number of fused-ring (bicyclic) bond motifs is 1. The molecule has 0 amide bonds. The number of imidazole rings is 1. The zero-order chi connectivity index (χ0) is 14.1. The standard InChI is InChI=1S/C14H12ClN3O2/c1-17-6-2-3-12(17)14(19)20-9-11-8-18-7-10(15)4-5-13(18)16-11/h2-8H,9H2,1H3. The first-order chi connectivity index (χ1) is 9.63. The minimum atomic E-state index is -0.368. The van der Waals surface area contributed by atoms with E-state index in [4.69, 9.17) is 16.3 Å². The normalized spacial score (nSPS) is 10.9. The number of pyridine rings is 1. The Hall–Kier alpha value is -2.27. The Morgan fingerprint density at radius 1 is 1.35 bits per heavy atom. The summed E-state index contributed by atoms with van der Waals surface area (Å²) in [7, 11) is 1.80. The van der Waals surface area contributed by atoms with Crippen molar-refractivity contribution in [2.45, 2.75) is 6.61 Å². The molecule has 6 heteroatoms. The molecule has 3 aromatic rings. The molecule has 0 saturated heterocycles. The van der Waals surface area contributed by atoms with E-state index in [1.807, 2.05) is 6.07 Å². The van der Waals surface area contributed by atoms with Gasteiger partial charge in [-0.15, -0.1) is 0 Å². The van der Waals surface area contributed by atoms with Crippen LogP contribution >= 0.6 is 11.6 Å². The molecule has 3 heterocycles. The van der Waals surface area contributed by atoms with Crippen molar-refractivity contribution < 1.29 is 9.53 Å². The third kappa shape index (κ3) is 2.40. The summed E-state index contributed by atoms with van der Waals surface area (Å²) in [5, 5.41) is 0.627. The molecule has 0 aromatic carbocycles. The molecule has 0 spiro atoms. The molecule has 0 N–H and O–H groups in total. The van der Waals surface area contributed by atoms with Gasteiger partial charge in [0.05, 0.1) is 10.7 Å². The Labute approximate surface area is 120 Å². The number of rotatable bonds is 3. The van der Waals surface area contributed by atoms with Crippen LogP contribution in [0.3, 0.4) is 0 Å². The molecule has 5 nitrogen and oxygen atoms in total. The van der Waals surface area contributed by atoms with Crippen LogP contribution in [0.5, 0.6) is 0 Å². The Morgan fingerprint density at radius 3 is 2.95 bits per heavy atom. The molecule has 0 fully saturated rings. The lowest BCUT2D eigenvalue weighted by Crippen LogP contribution is -2.09. The van der Waals surface area contributed by atoms with Crippen LogP contribution in [-0.2, 0) is 18.4 Å². The van der Waals surface area contributed by atoms with Gasteiger partial charge >= 0.3 is 5.97 Å². The van der Waals surface area contributed by atoms with E-state index in [0.29, 0.717) is 16.4 Å². The topological polar surface area (TPSA) is 48.5 Å². The summed E-state index contributed by atoms with van der Waals surface area (Å²) in [6.45, 7) is 0.128. The molecule has 0 aliphatic carbocycles. The molecule has 0 radical (unpaired) electrons. The number of carbonyl (C=O) groups excluding carboxylic acids is 1. The van der Waals surface area contributed by atoms with E-state index >= 15 is 0 Å². The molecule has 0 aliphatic rings. The SMILES string of the molecule is Cn1cccc1C(=O)OCc1cn2cc(Cl)ccc2n1. The Morgan fingerprint density at radius 2 is 2.20 bits per heavy atom. The second-order valence-corrected chi connectivity index (χ2v) is 4.86. The fraction of sp³-hybridized carbons (Fsp3) is 0.143. The van der Waals surface area contributed by atoms with Gasteiger partial charge in [0.15, 0.2) is 0 Å². The van der Waals surface area contributed by atoms with E-state index in [1.54, 1.807) is 52.8 Å². The Balaban J connectivity index is 1.74. The summed E-state index contributed by atoms with van der Waals surface area (Å²) in [5.74, 6) is -0.368. The summed E-state index contributed by atoms with van der Waals surface area (Å²) in [5.41, 5.74) is 1.95. The van der Waals surface area contributed by atoms with Crippen molar-refractivity contribution in [1.29, 1.82) is 0 Å². The summed E-state index contributed by atoms with van der Waals surface area (Å²) in [6.07, 6.45) is 5.34. The number of hydrogen-bond acceptors (Lipinski definition) is 3. The largest absolute Gasteiger partial charge is 0.454 e. The molecule has 3 aromatic heterocycles. The lowest BCUT2D eigenvalue weighted by Gasteiger charge is -2.03. The van der Waals surface area contributed by atoms with Crippen molar-refractivity contribution in [3.05, 3.63) is 59.3 Å². The minimum Gasteiger partial charge on any atom is -0.454 e. The summed E-state index contributed by atoms with van der Waals surface area (Å²) >= 11 is 5.90. The monoisotopic (exact) mass is 289 g/mol. The van der Waals surface area contributed by atoms with Gasteiger partial charge in [-0.25, -0.2) is 9.78 Å². The van der Waals surface area contributed by atoms with Crippen molar-refractivity contribution in [1.82, 2.24) is 14.0 Å². The number of aromatic nitrogens is 3. The fourth-order valence-corrected chi connectivity index (χ4v) is 2.14. The van der Waals surface area contributed by atoms with Gasteiger partial charge in [0.2, 0.25) is 0 Å². The van der Waals surface area contributed by atoms with Crippen LogP contribution in [0.15, 0.2) is 42.9 Å². The minimum absolute atomic E-state index is 0.128. The zero-order valence-corrected chi connectivity index (χ0v) is 11.5. The number of halogens is 1. The molecule has 0 saturated carbocycles. The third-order valence-electron chi connectivity index (χ3n) is 2.97. The highest BCUT2D eigenvalue weighted by molar-refractivity contribution is 6.30. The molecular weight excluding hydrogens is 278 g/mol. The van der Waals surface area contributed by atoms with Gasteiger partial charge in [0, 0.05) is 25.6 Å². The van der Waals surface area contributed by atoms with Crippen molar-refractivity contribution in [2.75, 3.05) is 0 Å². The van der Waals surface area contributed by atoms with E-state index in [-0.39, 0.29) is 12.6 Å². The number of carbonyl (C=O) groups is 1. The first kappa shape index (κ1) is 12.7. The van der Waals surface area contributed by atoms with E-state index in [2.05, 4.69) is 4.98 Å². The van der Waals surface area contributed by atoms with E-state index in [1.165, 1.54) is 0 Å². The van der Waals surface area contributed by atoms with Gasteiger partial charge in [-0.3, -0.25) is 0 Å². The molecule has 0 unspecified atom stereocenters. The number of nitrogens with zero attached hydrogens (tertiary/aromatic N) is 3. The van der Waals surface area contributed by atoms with Gasteiger partial charge in [0.1, 0.15) is 17.9 Å². The number of ether oxygens (including phenoxy) is 1. The summed E-state index contributed by atoms with van der Waals surface area (Å²) in [4.78, 5) is 16.2. The van der Waals surface area contributed by atoms with Crippen molar-refractivity contribution in [3.63, 3.8) is 0 Å². The third-order valence-corrected chi connectivity index (χ3v) is 3.19. The number of hydrogen-bond donors (Lipinski definition) is 0. The van der Waals surface area contributed by atoms with Crippen molar-refractivity contribution in [2.24, 2.45) is 7.05 Å². The van der Waals surface area contributed by atoms with E-state index in [0.717, 1.165) is 5.65 Å². The number of aryl methyl sites for hydroxylation is 1. The first-order valence-corrected chi connectivity index (χ1v) is 6.43. The molecular formula is C14H12ClN3O2. The van der Waals surface area contributed by atoms with Crippen molar-refractivity contribution in [3.8, 4) is 0 Å². The second-order valence-electron chi connectivity index (χ2n) is 4.43. The van der Waals surface area contributed by atoms with Crippen LogP contribution in [0.2, 0.25) is 5.02 Å². The van der Waals surface area contributed by atoms with Crippen molar-refractivity contribution >= 4 is 23.2 Å². The maximum atomic E-state index is 11.9. The first-order valence-electron chi connectivity index (χ1n) is 6.05. The highest BCUT2D eigenvalue weighted by atomic mass is 35.5. The predicted molar refractivity (Wildman–Crippen MR) is 74.7 cm³/mol. The molecule has 102 valence electrons. The van der Waals surface area contributed by atoms with Crippen LogP contribution in [0.1, 0.15) is 16.2 Å². The van der Waals surface area contributed by atoms with E-state index in [9.17, 15) is 4.79 Å². The molecule has 0 aliphatic heterocycles. The zero-order valence-electron chi connectivity index (χ0n) is 10.8. The summed E-state index contributed by atoms with van der Waals surface area (Å²) < 4.78 is 8.76. The van der Waals surface area contributed by atoms with Crippen LogP contribution in [0.4, 0.5) is 0 Å². The average molecular weight is 290 g/mol. The lowest BCUT2D eigenvalue weighted by atomic mass is 10.4. The molecule has 0 bridgehead atoms. The van der Waals surface area contributed by atoms with Gasteiger partial charge in [-0.1, -0.05) is 11.6 Å². The van der Waals surface area contributed by atoms with Crippen LogP contribution < -0.4 is 0 Å². The second kappa shape index (κ2) is 5.02. The Bertz CT molecular complexity index is 776. The molecule has 3 rings (SSSR count). The fourth-order valence-electron chi connectivity index (χ4n) is 1.97. The van der Waals surface area contributed by atoms with Gasteiger partial charge in [-0.05, 0) is 24.3 Å².